The molecule has 23 heavy (non-hydrogen) atoms. The summed E-state index contributed by atoms with van der Waals surface area (Å²) >= 11 is 6.05. The van der Waals surface area contributed by atoms with Gasteiger partial charge in [0.1, 0.15) is 6.54 Å². The van der Waals surface area contributed by atoms with Gasteiger partial charge in [-0.05, 0) is 51.7 Å². The number of benzene rings is 1. The number of aryl methyl sites for hydroxylation is 1. The maximum Gasteiger partial charge on any atom is 0.240 e. The van der Waals surface area contributed by atoms with E-state index in [9.17, 15) is 13.2 Å². The number of carbonyl (C=O) groups is 1. The minimum atomic E-state index is -3.58. The van der Waals surface area contributed by atoms with Crippen molar-refractivity contribution in [2.24, 2.45) is 0 Å². The Labute approximate surface area is 143 Å². The van der Waals surface area contributed by atoms with Crippen molar-refractivity contribution in [1.82, 2.24) is 10.2 Å². The summed E-state index contributed by atoms with van der Waals surface area (Å²) in [5, 5.41) is 3.19. The number of nitrogens with zero attached hydrogens (tertiary/aromatic N) is 2. The van der Waals surface area contributed by atoms with Gasteiger partial charge in [-0.1, -0.05) is 17.7 Å². The Morgan fingerprint density at radius 1 is 1.30 bits per heavy atom. The number of nitrogens with one attached hydrogen (secondary N) is 1. The maximum absolute atomic E-state index is 12.0. The van der Waals surface area contributed by atoms with Crippen molar-refractivity contribution >= 4 is 33.2 Å². The summed E-state index contributed by atoms with van der Waals surface area (Å²) in [6, 6.07) is 4.92. The van der Waals surface area contributed by atoms with E-state index in [1.165, 1.54) is 0 Å². The van der Waals surface area contributed by atoms with Crippen molar-refractivity contribution in [2.75, 3.05) is 44.3 Å². The maximum atomic E-state index is 12.0. The van der Waals surface area contributed by atoms with Crippen molar-refractivity contribution in [3.63, 3.8) is 0 Å². The predicted octanol–water partition coefficient (Wildman–Crippen LogP) is 1.48. The third-order valence-electron chi connectivity index (χ3n) is 3.24. The lowest BCUT2D eigenvalue weighted by atomic mass is 10.2. The highest BCUT2D eigenvalue weighted by atomic mass is 35.5. The van der Waals surface area contributed by atoms with Gasteiger partial charge in [0, 0.05) is 11.6 Å². The first-order chi connectivity index (χ1) is 10.6. The number of hydrogen-bond donors (Lipinski definition) is 1. The fourth-order valence-electron chi connectivity index (χ4n) is 1.95. The van der Waals surface area contributed by atoms with Crippen LogP contribution in [0.15, 0.2) is 18.2 Å². The lowest BCUT2D eigenvalue weighted by Gasteiger charge is -2.22. The second-order valence-electron chi connectivity index (χ2n) is 5.71. The average Bonchev–Trinajstić information content (AvgIpc) is 2.43. The standard InChI is InChI=1S/C15H24ClN3O3S/c1-12-6-7-13(10-14(12)16)19(23(4,21)22)11-15(20)17-8-5-9-18(2)3/h6-7,10H,5,8-9,11H2,1-4H3,(H,17,20). The molecule has 1 aromatic carbocycles. The van der Waals surface area contributed by atoms with Crippen LogP contribution in [0.2, 0.25) is 5.02 Å². The van der Waals surface area contributed by atoms with Gasteiger partial charge in [-0.15, -0.1) is 0 Å². The van der Waals surface area contributed by atoms with Crippen LogP contribution in [0, 0.1) is 6.92 Å². The first-order valence-corrected chi connectivity index (χ1v) is 9.49. The van der Waals surface area contributed by atoms with E-state index in [1.807, 2.05) is 25.9 Å². The molecule has 0 atom stereocenters. The zero-order valence-corrected chi connectivity index (χ0v) is 15.5. The molecule has 1 aromatic rings. The van der Waals surface area contributed by atoms with E-state index in [-0.39, 0.29) is 12.5 Å². The summed E-state index contributed by atoms with van der Waals surface area (Å²) in [6.45, 7) is 2.92. The van der Waals surface area contributed by atoms with E-state index in [4.69, 9.17) is 11.6 Å². The Morgan fingerprint density at radius 2 is 1.96 bits per heavy atom. The van der Waals surface area contributed by atoms with Gasteiger partial charge in [-0.3, -0.25) is 9.10 Å². The van der Waals surface area contributed by atoms with Crippen LogP contribution in [0.25, 0.3) is 0 Å². The van der Waals surface area contributed by atoms with Crippen LogP contribution >= 0.6 is 11.6 Å². The van der Waals surface area contributed by atoms with E-state index in [2.05, 4.69) is 5.32 Å². The van der Waals surface area contributed by atoms with Gasteiger partial charge in [0.25, 0.3) is 0 Å². The van der Waals surface area contributed by atoms with Gasteiger partial charge in [0.05, 0.1) is 11.9 Å². The number of sulfonamides is 1. The highest BCUT2D eigenvalue weighted by molar-refractivity contribution is 7.92. The molecule has 0 radical (unpaired) electrons. The Kier molecular flexibility index (Phi) is 7.31. The largest absolute Gasteiger partial charge is 0.354 e. The molecule has 6 nitrogen and oxygen atoms in total. The summed E-state index contributed by atoms with van der Waals surface area (Å²) in [7, 11) is 0.324. The molecule has 0 unspecified atom stereocenters. The third-order valence-corrected chi connectivity index (χ3v) is 4.78. The molecule has 0 aliphatic heterocycles. The van der Waals surface area contributed by atoms with Crippen LogP contribution in [0.3, 0.4) is 0 Å². The lowest BCUT2D eigenvalue weighted by molar-refractivity contribution is -0.119. The first-order valence-electron chi connectivity index (χ1n) is 7.26. The lowest BCUT2D eigenvalue weighted by Crippen LogP contribution is -2.41. The molecule has 0 aliphatic carbocycles. The van der Waals surface area contributed by atoms with Crippen LogP contribution in [-0.4, -0.2) is 59.2 Å². The van der Waals surface area contributed by atoms with Crippen LogP contribution in [0.1, 0.15) is 12.0 Å². The Hall–Kier alpha value is -1.31. The van der Waals surface area contributed by atoms with Crippen molar-refractivity contribution in [1.29, 1.82) is 0 Å². The van der Waals surface area contributed by atoms with Crippen LogP contribution in [-0.2, 0) is 14.8 Å². The monoisotopic (exact) mass is 361 g/mol. The fraction of sp³-hybridized carbons (Fsp3) is 0.533. The van der Waals surface area contributed by atoms with Crippen LogP contribution in [0.4, 0.5) is 5.69 Å². The van der Waals surface area contributed by atoms with Gasteiger partial charge in [0.2, 0.25) is 15.9 Å². The summed E-state index contributed by atoms with van der Waals surface area (Å²) in [5.74, 6) is -0.342. The molecule has 0 aliphatic rings. The normalized spacial score (nSPS) is 11.6. The molecule has 0 fully saturated rings. The first kappa shape index (κ1) is 19.7. The molecule has 8 heteroatoms. The topological polar surface area (TPSA) is 69.7 Å². The molecule has 0 saturated carbocycles. The molecule has 1 rings (SSSR count). The Balaban J connectivity index is 2.76. The molecular weight excluding hydrogens is 338 g/mol. The zero-order chi connectivity index (χ0) is 17.6. The summed E-state index contributed by atoms with van der Waals surface area (Å²) < 4.78 is 25.0. The minimum absolute atomic E-state index is 0.264. The zero-order valence-electron chi connectivity index (χ0n) is 14.0. The Morgan fingerprint density at radius 3 is 2.48 bits per heavy atom. The average molecular weight is 362 g/mol. The second-order valence-corrected chi connectivity index (χ2v) is 8.02. The van der Waals surface area contributed by atoms with E-state index in [0.29, 0.717) is 17.3 Å². The molecule has 1 amide bonds. The van der Waals surface area contributed by atoms with Gasteiger partial charge < -0.3 is 10.2 Å². The molecule has 1 N–H and O–H groups in total. The smallest absolute Gasteiger partial charge is 0.240 e. The molecule has 0 bridgehead atoms. The SMILES string of the molecule is Cc1ccc(N(CC(=O)NCCCN(C)C)S(C)(=O)=O)cc1Cl. The quantitative estimate of drug-likeness (QED) is 0.712. The number of halogens is 1. The highest BCUT2D eigenvalue weighted by Crippen LogP contribution is 2.24. The van der Waals surface area contributed by atoms with Gasteiger partial charge in [-0.2, -0.15) is 0 Å². The van der Waals surface area contributed by atoms with Crippen LogP contribution in [0.5, 0.6) is 0 Å². The number of amides is 1. The van der Waals surface area contributed by atoms with Crippen molar-refractivity contribution in [3.8, 4) is 0 Å². The van der Waals surface area contributed by atoms with E-state index >= 15 is 0 Å². The van der Waals surface area contributed by atoms with E-state index in [0.717, 1.165) is 29.1 Å². The van der Waals surface area contributed by atoms with Crippen molar-refractivity contribution in [2.45, 2.75) is 13.3 Å². The molecule has 0 heterocycles. The number of rotatable bonds is 8. The van der Waals surface area contributed by atoms with E-state index < -0.39 is 10.0 Å². The summed E-state index contributed by atoms with van der Waals surface area (Å²) in [6.07, 6.45) is 1.87. The minimum Gasteiger partial charge on any atom is -0.354 e. The number of hydrogen-bond acceptors (Lipinski definition) is 4. The van der Waals surface area contributed by atoms with Crippen molar-refractivity contribution < 1.29 is 13.2 Å². The Bertz CT molecular complexity index is 647. The highest BCUT2D eigenvalue weighted by Gasteiger charge is 2.21. The van der Waals surface area contributed by atoms with Gasteiger partial charge in [-0.25, -0.2) is 8.42 Å². The summed E-state index contributed by atoms with van der Waals surface area (Å²) in [5.41, 5.74) is 1.23. The number of carbonyl (C=O) groups excluding carboxylic acids is 1. The van der Waals surface area contributed by atoms with E-state index in [1.54, 1.807) is 18.2 Å². The molecule has 130 valence electrons. The fourth-order valence-corrected chi connectivity index (χ4v) is 2.97. The molecule has 0 saturated heterocycles. The second kappa shape index (κ2) is 8.52. The molecule has 0 spiro atoms. The van der Waals surface area contributed by atoms with Crippen LogP contribution < -0.4 is 9.62 Å². The summed E-state index contributed by atoms with van der Waals surface area (Å²) in [4.78, 5) is 14.0. The number of anilines is 1. The molecular formula is C15H24ClN3O3S. The van der Waals surface area contributed by atoms with Gasteiger partial charge >= 0.3 is 0 Å². The van der Waals surface area contributed by atoms with Crippen molar-refractivity contribution in [3.05, 3.63) is 28.8 Å². The van der Waals surface area contributed by atoms with Gasteiger partial charge in [0.15, 0.2) is 0 Å². The molecule has 0 aromatic heterocycles. The third kappa shape index (κ3) is 6.76. The predicted molar refractivity (Wildman–Crippen MR) is 94.6 cm³/mol.